The largest absolute Gasteiger partial charge is 0.494 e. The molecule has 2 heterocycles. The predicted octanol–water partition coefficient (Wildman–Crippen LogP) is 3.49. The van der Waals surface area contributed by atoms with Crippen molar-refractivity contribution >= 4 is 18.4 Å². The lowest BCUT2D eigenvalue weighted by Crippen LogP contribution is -1.98. The quantitative estimate of drug-likeness (QED) is 0.515. The molecule has 1 aliphatic carbocycles. The Hall–Kier alpha value is -2.74. The van der Waals surface area contributed by atoms with Gasteiger partial charge in [0.15, 0.2) is 0 Å². The van der Waals surface area contributed by atoms with Crippen molar-refractivity contribution < 1.29 is 4.74 Å². The molecule has 2 N–H and O–H groups in total. The van der Waals surface area contributed by atoms with Gasteiger partial charge in [-0.15, -0.1) is 0 Å². The Labute approximate surface area is 156 Å². The second kappa shape index (κ2) is 7.25. The van der Waals surface area contributed by atoms with E-state index < -0.39 is 0 Å². The molecule has 0 radical (unpaired) electrons. The average Bonchev–Trinajstić information content (AvgIpc) is 3.35. The Morgan fingerprint density at radius 2 is 2.08 bits per heavy atom. The van der Waals surface area contributed by atoms with E-state index in [1.165, 1.54) is 11.3 Å². The molecule has 4 rings (SSSR count). The van der Waals surface area contributed by atoms with E-state index in [1.54, 1.807) is 10.9 Å². The molecule has 7 nitrogen and oxygen atoms in total. The Kier molecular flexibility index (Phi) is 4.66. The third kappa shape index (κ3) is 3.20. The first-order valence-electron chi connectivity index (χ1n) is 8.77. The number of rotatable bonds is 6. The molecule has 8 heteroatoms. The lowest BCUT2D eigenvalue weighted by atomic mass is 10.2. The van der Waals surface area contributed by atoms with Crippen LogP contribution in [0.4, 0.5) is 0 Å². The van der Waals surface area contributed by atoms with Gasteiger partial charge in [0, 0.05) is 11.3 Å². The molecule has 1 aliphatic rings. The summed E-state index contributed by atoms with van der Waals surface area (Å²) in [5.74, 6) is 1.49. The number of ether oxygens (including phenoxy) is 1. The fourth-order valence-electron chi connectivity index (χ4n) is 3.05. The van der Waals surface area contributed by atoms with Crippen LogP contribution in [-0.2, 0) is 12.8 Å². The number of aromatic amines is 2. The van der Waals surface area contributed by atoms with E-state index in [0.717, 1.165) is 49.3 Å². The minimum Gasteiger partial charge on any atom is -0.494 e. The number of fused-ring (bicyclic) bond motifs is 1. The maximum atomic E-state index is 5.60. The van der Waals surface area contributed by atoms with Crippen molar-refractivity contribution in [1.29, 1.82) is 0 Å². The molecule has 0 fully saturated rings. The molecule has 0 saturated heterocycles. The number of aromatic nitrogens is 5. The molecule has 0 bridgehead atoms. The lowest BCUT2D eigenvalue weighted by molar-refractivity contribution is 0.317. The Balaban J connectivity index is 1.60. The van der Waals surface area contributed by atoms with E-state index in [0.29, 0.717) is 10.6 Å². The highest BCUT2D eigenvalue weighted by Crippen LogP contribution is 2.29. The van der Waals surface area contributed by atoms with Crippen LogP contribution in [0.1, 0.15) is 36.6 Å². The maximum Gasteiger partial charge on any atom is 0.216 e. The van der Waals surface area contributed by atoms with E-state index in [4.69, 9.17) is 17.0 Å². The molecule has 0 unspecified atom stereocenters. The van der Waals surface area contributed by atoms with Gasteiger partial charge in [0.05, 0.1) is 12.8 Å². The van der Waals surface area contributed by atoms with Gasteiger partial charge in [-0.3, -0.25) is 5.10 Å². The average molecular weight is 368 g/mol. The molecule has 1 aromatic carbocycles. The van der Waals surface area contributed by atoms with Crippen molar-refractivity contribution in [3.63, 3.8) is 0 Å². The highest BCUT2D eigenvalue weighted by molar-refractivity contribution is 7.71. The molecule has 2 aromatic heterocycles. The van der Waals surface area contributed by atoms with Crippen LogP contribution in [0.3, 0.4) is 0 Å². The van der Waals surface area contributed by atoms with E-state index >= 15 is 0 Å². The standard InChI is InChI=1S/C18H20N6OS/c1-2-10-25-13-8-6-12(7-9-13)11-19-24-17(22-23-18(24)26)16-14-4-3-5-15(14)20-21-16/h6-9,11H,2-5,10H2,1H3,(H,20,21)(H,23,26)/b19-11-. The van der Waals surface area contributed by atoms with Crippen LogP contribution in [0.25, 0.3) is 11.5 Å². The maximum absolute atomic E-state index is 5.60. The highest BCUT2D eigenvalue weighted by Gasteiger charge is 2.23. The van der Waals surface area contributed by atoms with Crippen LogP contribution in [0.15, 0.2) is 29.4 Å². The summed E-state index contributed by atoms with van der Waals surface area (Å²) in [6.45, 7) is 2.80. The van der Waals surface area contributed by atoms with Crippen LogP contribution in [0, 0.1) is 4.77 Å². The first-order chi connectivity index (χ1) is 12.8. The second-order valence-corrected chi connectivity index (χ2v) is 6.60. The normalized spacial score (nSPS) is 13.4. The Morgan fingerprint density at radius 3 is 2.88 bits per heavy atom. The number of hydrogen-bond donors (Lipinski definition) is 2. The number of benzene rings is 1. The van der Waals surface area contributed by atoms with Gasteiger partial charge in [-0.25, -0.2) is 5.10 Å². The van der Waals surface area contributed by atoms with Gasteiger partial charge >= 0.3 is 0 Å². The summed E-state index contributed by atoms with van der Waals surface area (Å²) in [6, 6.07) is 7.80. The summed E-state index contributed by atoms with van der Waals surface area (Å²) in [5.41, 5.74) is 4.18. The fraction of sp³-hybridized carbons (Fsp3) is 0.333. The zero-order chi connectivity index (χ0) is 17.9. The van der Waals surface area contributed by atoms with Crippen molar-refractivity contribution in [2.45, 2.75) is 32.6 Å². The third-order valence-corrected chi connectivity index (χ3v) is 4.61. The number of hydrogen-bond acceptors (Lipinski definition) is 5. The zero-order valence-electron chi connectivity index (χ0n) is 14.5. The minimum atomic E-state index is 0.439. The molecule has 3 aromatic rings. The fourth-order valence-corrected chi connectivity index (χ4v) is 3.23. The van der Waals surface area contributed by atoms with Gasteiger partial charge in [-0.1, -0.05) is 6.92 Å². The van der Waals surface area contributed by atoms with Crippen LogP contribution in [0.5, 0.6) is 5.75 Å². The number of nitrogens with zero attached hydrogens (tertiary/aromatic N) is 4. The first kappa shape index (κ1) is 16.7. The summed E-state index contributed by atoms with van der Waals surface area (Å²) >= 11 is 5.33. The van der Waals surface area contributed by atoms with Crippen molar-refractivity contribution in [3.05, 3.63) is 45.9 Å². The lowest BCUT2D eigenvalue weighted by Gasteiger charge is -2.04. The molecule has 0 atom stereocenters. The summed E-state index contributed by atoms with van der Waals surface area (Å²) < 4.78 is 7.65. The summed E-state index contributed by atoms with van der Waals surface area (Å²) in [7, 11) is 0. The Bertz CT molecular complexity index is 982. The van der Waals surface area contributed by atoms with E-state index in [1.807, 2.05) is 24.3 Å². The highest BCUT2D eigenvalue weighted by atomic mass is 32.1. The summed E-state index contributed by atoms with van der Waals surface area (Å²) in [6.07, 6.45) is 5.91. The summed E-state index contributed by atoms with van der Waals surface area (Å²) in [4.78, 5) is 0. The summed E-state index contributed by atoms with van der Waals surface area (Å²) in [5, 5.41) is 19.2. The number of aryl methyl sites for hydroxylation is 1. The van der Waals surface area contributed by atoms with E-state index in [2.05, 4.69) is 32.4 Å². The minimum absolute atomic E-state index is 0.439. The van der Waals surface area contributed by atoms with Crippen molar-refractivity contribution in [3.8, 4) is 17.3 Å². The predicted molar refractivity (Wildman–Crippen MR) is 102 cm³/mol. The second-order valence-electron chi connectivity index (χ2n) is 6.21. The van der Waals surface area contributed by atoms with E-state index in [-0.39, 0.29) is 0 Å². The van der Waals surface area contributed by atoms with Crippen LogP contribution in [-0.4, -0.2) is 37.9 Å². The Morgan fingerprint density at radius 1 is 1.23 bits per heavy atom. The molecule has 26 heavy (non-hydrogen) atoms. The van der Waals surface area contributed by atoms with Gasteiger partial charge in [0.25, 0.3) is 0 Å². The molecule has 0 aliphatic heterocycles. The molecule has 0 saturated carbocycles. The van der Waals surface area contributed by atoms with Crippen molar-refractivity contribution in [2.75, 3.05) is 6.61 Å². The van der Waals surface area contributed by atoms with Crippen molar-refractivity contribution in [1.82, 2.24) is 25.1 Å². The van der Waals surface area contributed by atoms with Crippen LogP contribution >= 0.6 is 12.2 Å². The van der Waals surface area contributed by atoms with Gasteiger partial charge in [0.2, 0.25) is 10.6 Å². The molecular weight excluding hydrogens is 348 g/mol. The van der Waals surface area contributed by atoms with E-state index in [9.17, 15) is 0 Å². The van der Waals surface area contributed by atoms with Crippen LogP contribution in [0.2, 0.25) is 0 Å². The molecule has 0 amide bonds. The monoisotopic (exact) mass is 368 g/mol. The van der Waals surface area contributed by atoms with Gasteiger partial charge in [-0.2, -0.15) is 20.0 Å². The van der Waals surface area contributed by atoms with Crippen molar-refractivity contribution in [2.24, 2.45) is 5.10 Å². The van der Waals surface area contributed by atoms with Gasteiger partial charge in [-0.05, 0) is 67.7 Å². The number of nitrogens with one attached hydrogen (secondary N) is 2. The first-order valence-corrected chi connectivity index (χ1v) is 9.18. The topological polar surface area (TPSA) is 83.9 Å². The SMILES string of the molecule is CCCOc1ccc(/C=N\n2c(-c3n[nH]c4c3CCC4)n[nH]c2=S)cc1. The van der Waals surface area contributed by atoms with Gasteiger partial charge in [0.1, 0.15) is 11.4 Å². The number of H-pyrrole nitrogens is 2. The van der Waals surface area contributed by atoms with Gasteiger partial charge < -0.3 is 4.74 Å². The molecule has 0 spiro atoms. The third-order valence-electron chi connectivity index (χ3n) is 4.34. The zero-order valence-corrected chi connectivity index (χ0v) is 15.3. The smallest absolute Gasteiger partial charge is 0.216 e. The van der Waals surface area contributed by atoms with Crippen LogP contribution < -0.4 is 4.74 Å². The molecular formula is C18H20N6OS. The molecule has 134 valence electrons.